The van der Waals surface area contributed by atoms with Gasteiger partial charge in [0.05, 0.1) is 10.9 Å². The number of aromatic hydroxyl groups is 1. The number of carbonyl (C=O) groups is 1. The number of benzene rings is 2. The third-order valence-corrected chi connectivity index (χ3v) is 3.45. The second-order valence-electron chi connectivity index (χ2n) is 5.16. The fourth-order valence-electron chi connectivity index (χ4n) is 2.24. The number of phenols is 1. The molecule has 7 heteroatoms. The monoisotopic (exact) mass is 324 g/mol. The number of anilines is 1. The number of aromatic amines is 1. The number of rotatable bonds is 5. The highest BCUT2D eigenvalue weighted by Crippen LogP contribution is 2.09. The predicted octanol–water partition coefficient (Wildman–Crippen LogP) is 1.47. The van der Waals surface area contributed by atoms with Crippen molar-refractivity contribution in [2.45, 2.75) is 0 Å². The van der Waals surface area contributed by atoms with Gasteiger partial charge in [-0.25, -0.2) is 4.98 Å². The van der Waals surface area contributed by atoms with Crippen LogP contribution < -0.4 is 16.2 Å². The molecule has 0 aliphatic rings. The van der Waals surface area contributed by atoms with Gasteiger partial charge in [0.1, 0.15) is 5.75 Å². The summed E-state index contributed by atoms with van der Waals surface area (Å²) >= 11 is 0. The molecule has 1 amide bonds. The van der Waals surface area contributed by atoms with Crippen LogP contribution in [-0.4, -0.2) is 34.1 Å². The Balaban J connectivity index is 1.56. The van der Waals surface area contributed by atoms with Crippen molar-refractivity contribution in [2.75, 3.05) is 18.4 Å². The number of hydrogen-bond donors (Lipinski definition) is 4. The van der Waals surface area contributed by atoms with Crippen LogP contribution in [0.3, 0.4) is 0 Å². The maximum atomic E-state index is 11.9. The summed E-state index contributed by atoms with van der Waals surface area (Å²) in [4.78, 5) is 30.8. The van der Waals surface area contributed by atoms with E-state index in [-0.39, 0.29) is 17.2 Å². The second kappa shape index (κ2) is 6.82. The first kappa shape index (κ1) is 15.5. The highest BCUT2D eigenvalue weighted by Gasteiger charge is 2.05. The maximum Gasteiger partial charge on any atom is 0.260 e. The van der Waals surface area contributed by atoms with E-state index in [2.05, 4.69) is 20.6 Å². The highest BCUT2D eigenvalue weighted by atomic mass is 16.3. The minimum atomic E-state index is -0.239. The largest absolute Gasteiger partial charge is 0.508 e. The zero-order valence-corrected chi connectivity index (χ0v) is 12.7. The third-order valence-electron chi connectivity index (χ3n) is 3.45. The smallest absolute Gasteiger partial charge is 0.260 e. The van der Waals surface area contributed by atoms with Gasteiger partial charge in [0.2, 0.25) is 5.95 Å². The Morgan fingerprint density at radius 2 is 1.83 bits per heavy atom. The van der Waals surface area contributed by atoms with Crippen LogP contribution in [0.2, 0.25) is 0 Å². The van der Waals surface area contributed by atoms with Gasteiger partial charge in [-0.2, -0.15) is 0 Å². The number of aromatic nitrogens is 2. The van der Waals surface area contributed by atoms with Crippen LogP contribution in [0.1, 0.15) is 10.4 Å². The number of amides is 1. The molecule has 3 aromatic rings. The zero-order chi connectivity index (χ0) is 16.9. The Morgan fingerprint density at radius 1 is 1.08 bits per heavy atom. The third kappa shape index (κ3) is 3.52. The Labute approximate surface area is 137 Å². The van der Waals surface area contributed by atoms with Crippen molar-refractivity contribution in [3.05, 3.63) is 64.4 Å². The summed E-state index contributed by atoms with van der Waals surface area (Å²) in [6.45, 7) is 0.765. The average molecular weight is 324 g/mol. The second-order valence-corrected chi connectivity index (χ2v) is 5.16. The van der Waals surface area contributed by atoms with Gasteiger partial charge < -0.3 is 15.7 Å². The fraction of sp³-hybridized carbons (Fsp3) is 0.118. The highest BCUT2D eigenvalue weighted by molar-refractivity contribution is 5.94. The van der Waals surface area contributed by atoms with E-state index < -0.39 is 0 Å². The molecule has 0 aliphatic carbocycles. The van der Waals surface area contributed by atoms with E-state index in [1.165, 1.54) is 12.1 Å². The van der Waals surface area contributed by atoms with Crippen molar-refractivity contribution in [1.82, 2.24) is 15.3 Å². The minimum Gasteiger partial charge on any atom is -0.508 e. The number of H-pyrrole nitrogens is 1. The van der Waals surface area contributed by atoms with Gasteiger partial charge in [0.15, 0.2) is 0 Å². The van der Waals surface area contributed by atoms with E-state index in [0.29, 0.717) is 35.5 Å². The summed E-state index contributed by atoms with van der Waals surface area (Å²) in [6.07, 6.45) is 0. The van der Waals surface area contributed by atoms with Crippen LogP contribution in [-0.2, 0) is 0 Å². The van der Waals surface area contributed by atoms with Crippen LogP contribution >= 0.6 is 0 Å². The molecule has 0 fully saturated rings. The standard InChI is InChI=1S/C17H16N4O3/c22-12-7-5-11(6-8-12)15(23)18-9-10-19-17-20-14-4-2-1-3-13(14)16(24)21-17/h1-8,22H,9-10H2,(H,18,23)(H2,19,20,21,24). The first-order chi connectivity index (χ1) is 11.6. The molecule has 0 saturated heterocycles. The molecule has 0 bridgehead atoms. The van der Waals surface area contributed by atoms with E-state index in [9.17, 15) is 14.7 Å². The molecule has 1 heterocycles. The lowest BCUT2D eigenvalue weighted by molar-refractivity contribution is 0.0955. The van der Waals surface area contributed by atoms with E-state index in [4.69, 9.17) is 0 Å². The molecule has 1 aromatic heterocycles. The van der Waals surface area contributed by atoms with E-state index in [1.807, 2.05) is 6.07 Å². The van der Waals surface area contributed by atoms with Crippen molar-refractivity contribution in [1.29, 1.82) is 0 Å². The summed E-state index contributed by atoms with van der Waals surface area (Å²) in [6, 6.07) is 13.1. The van der Waals surface area contributed by atoms with Crippen LogP contribution in [0.4, 0.5) is 5.95 Å². The lowest BCUT2D eigenvalue weighted by Gasteiger charge is -2.08. The van der Waals surface area contributed by atoms with Crippen LogP contribution in [0.5, 0.6) is 5.75 Å². The van der Waals surface area contributed by atoms with Gasteiger partial charge in [-0.3, -0.25) is 14.6 Å². The molecule has 7 nitrogen and oxygen atoms in total. The van der Waals surface area contributed by atoms with Crippen molar-refractivity contribution in [3.8, 4) is 5.75 Å². The van der Waals surface area contributed by atoms with Crippen LogP contribution in [0.25, 0.3) is 10.9 Å². The number of carbonyl (C=O) groups excluding carboxylic acids is 1. The molecule has 24 heavy (non-hydrogen) atoms. The maximum absolute atomic E-state index is 11.9. The number of para-hydroxylation sites is 1. The molecule has 0 radical (unpaired) electrons. The number of fused-ring (bicyclic) bond motifs is 1. The van der Waals surface area contributed by atoms with Crippen molar-refractivity contribution < 1.29 is 9.90 Å². The Bertz CT molecular complexity index is 919. The summed E-state index contributed by atoms with van der Waals surface area (Å²) < 4.78 is 0. The van der Waals surface area contributed by atoms with Crippen LogP contribution in [0.15, 0.2) is 53.3 Å². The van der Waals surface area contributed by atoms with E-state index >= 15 is 0 Å². The Morgan fingerprint density at radius 3 is 2.62 bits per heavy atom. The van der Waals surface area contributed by atoms with Crippen molar-refractivity contribution in [2.24, 2.45) is 0 Å². The molecular weight excluding hydrogens is 308 g/mol. The molecular formula is C17H16N4O3. The van der Waals surface area contributed by atoms with Crippen molar-refractivity contribution >= 4 is 22.8 Å². The molecule has 4 N–H and O–H groups in total. The molecule has 122 valence electrons. The Kier molecular flexibility index (Phi) is 4.42. The van der Waals surface area contributed by atoms with Gasteiger partial charge in [-0.05, 0) is 36.4 Å². The van der Waals surface area contributed by atoms with Gasteiger partial charge in [0, 0.05) is 18.7 Å². The predicted molar refractivity (Wildman–Crippen MR) is 91.3 cm³/mol. The molecule has 0 atom stereocenters. The lowest BCUT2D eigenvalue weighted by Crippen LogP contribution is -2.29. The summed E-state index contributed by atoms with van der Waals surface area (Å²) in [7, 11) is 0. The minimum absolute atomic E-state index is 0.111. The van der Waals surface area contributed by atoms with Gasteiger partial charge in [-0.1, -0.05) is 12.1 Å². The van der Waals surface area contributed by atoms with E-state index in [0.717, 1.165) is 0 Å². The van der Waals surface area contributed by atoms with Crippen LogP contribution in [0, 0.1) is 0 Å². The molecule has 0 unspecified atom stereocenters. The zero-order valence-electron chi connectivity index (χ0n) is 12.7. The number of phenolic OH excluding ortho intramolecular Hbond substituents is 1. The van der Waals surface area contributed by atoms with Crippen molar-refractivity contribution in [3.63, 3.8) is 0 Å². The summed E-state index contributed by atoms with van der Waals surface area (Å²) in [5.74, 6) is 0.230. The molecule has 3 rings (SSSR count). The SMILES string of the molecule is O=C(NCCNc1nc2ccccc2c(=O)[nH]1)c1ccc(O)cc1. The molecule has 2 aromatic carbocycles. The fourth-order valence-corrected chi connectivity index (χ4v) is 2.24. The first-order valence-corrected chi connectivity index (χ1v) is 7.43. The normalized spacial score (nSPS) is 10.5. The molecule has 0 saturated carbocycles. The number of hydrogen-bond acceptors (Lipinski definition) is 5. The first-order valence-electron chi connectivity index (χ1n) is 7.43. The summed E-state index contributed by atoms with van der Waals surface area (Å²) in [5, 5.41) is 15.4. The Hall–Kier alpha value is -3.35. The van der Waals surface area contributed by atoms with Gasteiger partial charge in [-0.15, -0.1) is 0 Å². The molecule has 0 aliphatic heterocycles. The van der Waals surface area contributed by atoms with Gasteiger partial charge >= 0.3 is 0 Å². The summed E-state index contributed by atoms with van der Waals surface area (Å²) in [5.41, 5.74) is 0.859. The quantitative estimate of drug-likeness (QED) is 0.532. The lowest BCUT2D eigenvalue weighted by atomic mass is 10.2. The molecule has 0 spiro atoms. The number of nitrogens with zero attached hydrogens (tertiary/aromatic N) is 1. The average Bonchev–Trinajstić information content (AvgIpc) is 2.59. The number of nitrogens with one attached hydrogen (secondary N) is 3. The van der Waals surface area contributed by atoms with E-state index in [1.54, 1.807) is 30.3 Å². The topological polar surface area (TPSA) is 107 Å². The van der Waals surface area contributed by atoms with Gasteiger partial charge in [0.25, 0.3) is 11.5 Å².